The first-order valence-electron chi connectivity index (χ1n) is 5.58. The monoisotopic (exact) mass is 227 g/mol. The SMILES string of the molecule is CN(C)C1(c2ccc(F)s2)CCCCC1. The second-order valence-corrected chi connectivity index (χ2v) is 5.62. The Morgan fingerprint density at radius 2 is 1.87 bits per heavy atom. The molecule has 0 N–H and O–H groups in total. The van der Waals surface area contributed by atoms with Crippen molar-refractivity contribution in [1.82, 2.24) is 4.90 Å². The molecule has 2 rings (SSSR count). The molecule has 0 amide bonds. The van der Waals surface area contributed by atoms with Gasteiger partial charge in [-0.3, -0.25) is 4.90 Å². The zero-order valence-corrected chi connectivity index (χ0v) is 10.2. The highest BCUT2D eigenvalue weighted by Crippen LogP contribution is 2.43. The van der Waals surface area contributed by atoms with Crippen molar-refractivity contribution in [3.8, 4) is 0 Å². The lowest BCUT2D eigenvalue weighted by Crippen LogP contribution is -2.42. The molecular weight excluding hydrogens is 209 g/mol. The normalized spacial score (nSPS) is 20.8. The molecule has 1 aromatic heterocycles. The van der Waals surface area contributed by atoms with Crippen LogP contribution in [0, 0.1) is 5.13 Å². The van der Waals surface area contributed by atoms with E-state index in [1.165, 1.54) is 48.3 Å². The van der Waals surface area contributed by atoms with Gasteiger partial charge in [-0.15, -0.1) is 11.3 Å². The topological polar surface area (TPSA) is 3.24 Å². The highest BCUT2D eigenvalue weighted by molar-refractivity contribution is 7.10. The number of halogens is 1. The molecule has 3 heteroatoms. The van der Waals surface area contributed by atoms with Gasteiger partial charge in [0, 0.05) is 4.88 Å². The van der Waals surface area contributed by atoms with Crippen molar-refractivity contribution in [2.45, 2.75) is 37.6 Å². The molecule has 0 unspecified atom stereocenters. The Kier molecular flexibility index (Phi) is 3.12. The summed E-state index contributed by atoms with van der Waals surface area (Å²) in [4.78, 5) is 3.47. The van der Waals surface area contributed by atoms with Crippen molar-refractivity contribution in [3.05, 3.63) is 22.1 Å². The smallest absolute Gasteiger partial charge is 0.176 e. The molecule has 1 saturated carbocycles. The van der Waals surface area contributed by atoms with E-state index in [1.807, 2.05) is 6.07 Å². The number of hydrogen-bond acceptors (Lipinski definition) is 2. The molecule has 1 aliphatic rings. The van der Waals surface area contributed by atoms with Gasteiger partial charge in [-0.1, -0.05) is 19.3 Å². The first-order chi connectivity index (χ1) is 7.15. The van der Waals surface area contributed by atoms with Gasteiger partial charge in [0.1, 0.15) is 0 Å². The van der Waals surface area contributed by atoms with Gasteiger partial charge in [0.05, 0.1) is 5.54 Å². The van der Waals surface area contributed by atoms with Crippen LogP contribution in [0.15, 0.2) is 12.1 Å². The standard InChI is InChI=1S/C12H18FNS/c1-14(2)12(8-4-3-5-9-12)10-6-7-11(13)15-10/h6-7H,3-5,8-9H2,1-2H3. The molecule has 1 aliphatic carbocycles. The molecule has 0 atom stereocenters. The summed E-state index contributed by atoms with van der Waals surface area (Å²) in [5, 5.41) is -0.0585. The molecule has 1 heterocycles. The Labute approximate surface area is 94.9 Å². The third-order valence-corrected chi connectivity index (χ3v) is 4.64. The van der Waals surface area contributed by atoms with E-state index in [-0.39, 0.29) is 10.7 Å². The average Bonchev–Trinajstić information content (AvgIpc) is 2.66. The molecule has 0 radical (unpaired) electrons. The molecular formula is C12H18FNS. The Balaban J connectivity index is 2.33. The lowest BCUT2D eigenvalue weighted by Gasteiger charge is -2.42. The Morgan fingerprint density at radius 1 is 1.20 bits per heavy atom. The maximum atomic E-state index is 13.1. The van der Waals surface area contributed by atoms with Gasteiger partial charge in [0.15, 0.2) is 5.13 Å². The molecule has 0 aliphatic heterocycles. The number of nitrogens with zero attached hydrogens (tertiary/aromatic N) is 1. The van der Waals surface area contributed by atoms with E-state index in [0.717, 1.165) is 0 Å². The average molecular weight is 227 g/mol. The number of hydrogen-bond donors (Lipinski definition) is 0. The van der Waals surface area contributed by atoms with E-state index in [1.54, 1.807) is 6.07 Å². The summed E-state index contributed by atoms with van der Waals surface area (Å²) in [7, 11) is 4.23. The minimum Gasteiger partial charge on any atom is -0.299 e. The van der Waals surface area contributed by atoms with Gasteiger partial charge in [0.2, 0.25) is 0 Å². The van der Waals surface area contributed by atoms with Crippen molar-refractivity contribution in [3.63, 3.8) is 0 Å². The molecule has 0 aromatic carbocycles. The Bertz CT molecular complexity index is 326. The minimum atomic E-state index is -0.0585. The summed E-state index contributed by atoms with van der Waals surface area (Å²) < 4.78 is 13.1. The van der Waals surface area contributed by atoms with Gasteiger partial charge in [-0.2, -0.15) is 4.39 Å². The predicted molar refractivity (Wildman–Crippen MR) is 62.7 cm³/mol. The van der Waals surface area contributed by atoms with Crippen LogP contribution in [-0.4, -0.2) is 19.0 Å². The van der Waals surface area contributed by atoms with Crippen LogP contribution in [-0.2, 0) is 5.54 Å². The summed E-state index contributed by atoms with van der Waals surface area (Å²) in [6.45, 7) is 0. The van der Waals surface area contributed by atoms with Crippen molar-refractivity contribution in [2.24, 2.45) is 0 Å². The van der Waals surface area contributed by atoms with E-state index in [0.29, 0.717) is 0 Å². The zero-order valence-electron chi connectivity index (χ0n) is 9.42. The van der Waals surface area contributed by atoms with Crippen LogP contribution in [0.2, 0.25) is 0 Å². The summed E-state index contributed by atoms with van der Waals surface area (Å²) >= 11 is 1.31. The van der Waals surface area contributed by atoms with Crippen molar-refractivity contribution < 1.29 is 4.39 Å². The third kappa shape index (κ3) is 1.95. The lowest BCUT2D eigenvalue weighted by atomic mass is 9.79. The highest BCUT2D eigenvalue weighted by atomic mass is 32.1. The van der Waals surface area contributed by atoms with Gasteiger partial charge in [-0.25, -0.2) is 0 Å². The van der Waals surface area contributed by atoms with Crippen LogP contribution >= 0.6 is 11.3 Å². The van der Waals surface area contributed by atoms with Crippen LogP contribution in [0.3, 0.4) is 0 Å². The fraction of sp³-hybridized carbons (Fsp3) is 0.667. The van der Waals surface area contributed by atoms with Gasteiger partial charge >= 0.3 is 0 Å². The fourth-order valence-corrected chi connectivity index (χ4v) is 3.67. The quantitative estimate of drug-likeness (QED) is 0.746. The number of rotatable bonds is 2. The largest absolute Gasteiger partial charge is 0.299 e. The predicted octanol–water partition coefficient (Wildman–Crippen LogP) is 3.61. The molecule has 0 spiro atoms. The van der Waals surface area contributed by atoms with Crippen molar-refractivity contribution in [2.75, 3.05) is 14.1 Å². The van der Waals surface area contributed by atoms with E-state index in [4.69, 9.17) is 0 Å². The summed E-state index contributed by atoms with van der Waals surface area (Å²) in [6.07, 6.45) is 6.18. The van der Waals surface area contributed by atoms with E-state index in [9.17, 15) is 4.39 Å². The number of thiophene rings is 1. The van der Waals surface area contributed by atoms with Crippen LogP contribution in [0.5, 0.6) is 0 Å². The maximum Gasteiger partial charge on any atom is 0.176 e. The molecule has 1 fully saturated rings. The summed E-state index contributed by atoms with van der Waals surface area (Å²) in [5.41, 5.74) is 0.104. The van der Waals surface area contributed by atoms with Gasteiger partial charge in [0.25, 0.3) is 0 Å². The Hall–Kier alpha value is -0.410. The molecule has 15 heavy (non-hydrogen) atoms. The van der Waals surface area contributed by atoms with Crippen LogP contribution < -0.4 is 0 Å². The lowest BCUT2D eigenvalue weighted by molar-refractivity contribution is 0.103. The van der Waals surface area contributed by atoms with Crippen LogP contribution in [0.25, 0.3) is 0 Å². The second kappa shape index (κ2) is 4.22. The third-order valence-electron chi connectivity index (χ3n) is 3.57. The molecule has 1 aromatic rings. The molecule has 0 saturated heterocycles. The first kappa shape index (κ1) is 11.1. The van der Waals surface area contributed by atoms with E-state index >= 15 is 0 Å². The van der Waals surface area contributed by atoms with Crippen LogP contribution in [0.4, 0.5) is 4.39 Å². The van der Waals surface area contributed by atoms with Crippen molar-refractivity contribution >= 4 is 11.3 Å². The van der Waals surface area contributed by atoms with Crippen molar-refractivity contribution in [1.29, 1.82) is 0 Å². The highest BCUT2D eigenvalue weighted by Gasteiger charge is 2.37. The second-order valence-electron chi connectivity index (χ2n) is 4.59. The van der Waals surface area contributed by atoms with Gasteiger partial charge < -0.3 is 0 Å². The fourth-order valence-electron chi connectivity index (χ4n) is 2.62. The molecule has 84 valence electrons. The molecule has 1 nitrogen and oxygen atoms in total. The molecule has 0 bridgehead atoms. The van der Waals surface area contributed by atoms with E-state index in [2.05, 4.69) is 19.0 Å². The Morgan fingerprint density at radius 3 is 2.33 bits per heavy atom. The minimum absolute atomic E-state index is 0.0585. The maximum absolute atomic E-state index is 13.1. The summed E-state index contributed by atoms with van der Waals surface area (Å²) in [5.74, 6) is 0. The zero-order chi connectivity index (χ0) is 10.9. The van der Waals surface area contributed by atoms with Crippen LogP contribution in [0.1, 0.15) is 37.0 Å². The van der Waals surface area contributed by atoms with Gasteiger partial charge in [-0.05, 0) is 39.1 Å². The summed E-state index contributed by atoms with van der Waals surface area (Å²) in [6, 6.07) is 3.56. The first-order valence-corrected chi connectivity index (χ1v) is 6.40. The van der Waals surface area contributed by atoms with E-state index < -0.39 is 0 Å².